The molecule has 1 heterocycles. The van der Waals surface area contributed by atoms with E-state index >= 15 is 0 Å². The van der Waals surface area contributed by atoms with Crippen LogP contribution in [0.4, 0.5) is 10.5 Å². The van der Waals surface area contributed by atoms with Crippen LogP contribution >= 0.6 is 0 Å². The van der Waals surface area contributed by atoms with Crippen LogP contribution in [0, 0.1) is 12.3 Å². The fourth-order valence-electron chi connectivity index (χ4n) is 2.12. The van der Waals surface area contributed by atoms with E-state index in [2.05, 4.69) is 11.2 Å². The molecule has 2 rings (SSSR count). The van der Waals surface area contributed by atoms with Gasteiger partial charge in [-0.15, -0.1) is 6.42 Å². The predicted octanol–water partition coefficient (Wildman–Crippen LogP) is 1.87. The molecule has 5 heteroatoms. The molecule has 0 aliphatic carbocycles. The number of anilines is 1. The normalized spacial score (nSPS) is 13.6. The largest absolute Gasteiger partial charge is 0.478 e. The standard InChI is InChI=1S/C15H16N2O3/c1-4-15(2,3)16-14(20)17-8-7-10-9-11(13(18)19)5-6-12(10)17/h1,5-6,9H,7-8H2,2-3H3,(H,16,20)(H,18,19). The monoisotopic (exact) mass is 272 g/mol. The van der Waals surface area contributed by atoms with E-state index in [9.17, 15) is 9.59 Å². The van der Waals surface area contributed by atoms with Crippen LogP contribution in [0.2, 0.25) is 0 Å². The molecule has 0 fully saturated rings. The number of hydrogen-bond acceptors (Lipinski definition) is 2. The molecule has 0 atom stereocenters. The number of aromatic carboxylic acids is 1. The second-order valence-electron chi connectivity index (χ2n) is 5.25. The van der Waals surface area contributed by atoms with E-state index in [1.165, 1.54) is 6.07 Å². The Morgan fingerprint density at radius 3 is 2.75 bits per heavy atom. The Hall–Kier alpha value is -2.48. The van der Waals surface area contributed by atoms with E-state index in [0.29, 0.717) is 13.0 Å². The molecule has 0 radical (unpaired) electrons. The number of amides is 2. The number of rotatable bonds is 2. The van der Waals surface area contributed by atoms with Crippen molar-refractivity contribution >= 4 is 17.7 Å². The van der Waals surface area contributed by atoms with Crippen molar-refractivity contribution in [1.82, 2.24) is 5.32 Å². The zero-order valence-corrected chi connectivity index (χ0v) is 11.4. The number of urea groups is 1. The van der Waals surface area contributed by atoms with Crippen molar-refractivity contribution in [2.45, 2.75) is 25.8 Å². The molecule has 0 aromatic heterocycles. The lowest BCUT2D eigenvalue weighted by atomic mass is 10.1. The van der Waals surface area contributed by atoms with Gasteiger partial charge >= 0.3 is 12.0 Å². The molecule has 2 amide bonds. The highest BCUT2D eigenvalue weighted by atomic mass is 16.4. The number of nitrogens with one attached hydrogen (secondary N) is 1. The number of carbonyl (C=O) groups excluding carboxylic acids is 1. The summed E-state index contributed by atoms with van der Waals surface area (Å²) >= 11 is 0. The molecule has 1 aliphatic heterocycles. The lowest BCUT2D eigenvalue weighted by Gasteiger charge is -2.25. The number of terminal acetylenes is 1. The summed E-state index contributed by atoms with van der Waals surface area (Å²) in [6.45, 7) is 4.01. The quantitative estimate of drug-likeness (QED) is 0.807. The molecule has 0 saturated heterocycles. The Morgan fingerprint density at radius 2 is 2.15 bits per heavy atom. The van der Waals surface area contributed by atoms with Crippen molar-refractivity contribution in [2.24, 2.45) is 0 Å². The second kappa shape index (κ2) is 4.89. The molecular weight excluding hydrogens is 256 g/mol. The molecule has 5 nitrogen and oxygen atoms in total. The first-order chi connectivity index (χ1) is 9.34. The smallest absolute Gasteiger partial charge is 0.335 e. The number of fused-ring (bicyclic) bond motifs is 1. The van der Waals surface area contributed by atoms with Crippen LogP contribution in [-0.2, 0) is 6.42 Å². The van der Waals surface area contributed by atoms with E-state index in [1.807, 2.05) is 0 Å². The summed E-state index contributed by atoms with van der Waals surface area (Å²) in [5, 5.41) is 11.7. The van der Waals surface area contributed by atoms with E-state index < -0.39 is 11.5 Å². The molecule has 1 aliphatic rings. The Morgan fingerprint density at radius 1 is 1.45 bits per heavy atom. The van der Waals surface area contributed by atoms with Crippen LogP contribution in [0.15, 0.2) is 18.2 Å². The summed E-state index contributed by atoms with van der Waals surface area (Å²) < 4.78 is 0. The number of carboxylic acid groups (broad SMARTS) is 1. The van der Waals surface area contributed by atoms with Gasteiger partial charge in [-0.1, -0.05) is 5.92 Å². The highest BCUT2D eigenvalue weighted by Gasteiger charge is 2.28. The fourth-order valence-corrected chi connectivity index (χ4v) is 2.12. The van der Waals surface area contributed by atoms with Gasteiger partial charge in [0.25, 0.3) is 0 Å². The van der Waals surface area contributed by atoms with Crippen molar-refractivity contribution in [2.75, 3.05) is 11.4 Å². The SMILES string of the molecule is C#CC(C)(C)NC(=O)N1CCc2cc(C(=O)O)ccc21. The molecule has 2 N–H and O–H groups in total. The van der Waals surface area contributed by atoms with Crippen molar-refractivity contribution in [3.8, 4) is 12.3 Å². The molecular formula is C15H16N2O3. The molecule has 104 valence electrons. The molecule has 0 spiro atoms. The third-order valence-electron chi connectivity index (χ3n) is 3.25. The first-order valence-corrected chi connectivity index (χ1v) is 6.28. The molecule has 0 unspecified atom stereocenters. The molecule has 0 saturated carbocycles. The first kappa shape index (κ1) is 13.9. The van der Waals surface area contributed by atoms with Crippen LogP contribution < -0.4 is 10.2 Å². The van der Waals surface area contributed by atoms with Crippen molar-refractivity contribution in [3.63, 3.8) is 0 Å². The second-order valence-corrected chi connectivity index (χ2v) is 5.25. The summed E-state index contributed by atoms with van der Waals surface area (Å²) in [6.07, 6.45) is 5.99. The van der Waals surface area contributed by atoms with Gasteiger partial charge in [0.2, 0.25) is 0 Å². The lowest BCUT2D eigenvalue weighted by molar-refractivity contribution is 0.0697. The van der Waals surface area contributed by atoms with Gasteiger partial charge in [0.05, 0.1) is 11.1 Å². The highest BCUT2D eigenvalue weighted by molar-refractivity contribution is 5.96. The van der Waals surface area contributed by atoms with Gasteiger partial charge in [-0.2, -0.15) is 0 Å². The maximum Gasteiger partial charge on any atom is 0.335 e. The van der Waals surface area contributed by atoms with Crippen LogP contribution in [0.1, 0.15) is 29.8 Å². The molecule has 0 bridgehead atoms. The van der Waals surface area contributed by atoms with Gasteiger partial charge in [0, 0.05) is 12.2 Å². The topological polar surface area (TPSA) is 69.6 Å². The van der Waals surface area contributed by atoms with Gasteiger partial charge in [0.15, 0.2) is 0 Å². The summed E-state index contributed by atoms with van der Waals surface area (Å²) in [4.78, 5) is 24.7. The third-order valence-corrected chi connectivity index (χ3v) is 3.25. The van der Waals surface area contributed by atoms with E-state index in [0.717, 1.165) is 11.3 Å². The zero-order valence-electron chi connectivity index (χ0n) is 11.4. The average Bonchev–Trinajstić information content (AvgIpc) is 2.81. The number of carboxylic acids is 1. The van der Waals surface area contributed by atoms with Crippen molar-refractivity contribution in [3.05, 3.63) is 29.3 Å². The minimum Gasteiger partial charge on any atom is -0.478 e. The minimum absolute atomic E-state index is 0.231. The number of benzene rings is 1. The van der Waals surface area contributed by atoms with Gasteiger partial charge < -0.3 is 10.4 Å². The minimum atomic E-state index is -0.968. The molecule has 1 aromatic rings. The van der Waals surface area contributed by atoms with Crippen LogP contribution in [-0.4, -0.2) is 29.2 Å². The summed E-state index contributed by atoms with van der Waals surface area (Å²) in [5.41, 5.74) is 1.11. The maximum atomic E-state index is 12.2. The van der Waals surface area contributed by atoms with Crippen molar-refractivity contribution < 1.29 is 14.7 Å². The van der Waals surface area contributed by atoms with E-state index in [4.69, 9.17) is 11.5 Å². The lowest BCUT2D eigenvalue weighted by Crippen LogP contribution is -2.49. The summed E-state index contributed by atoms with van der Waals surface area (Å²) in [7, 11) is 0. The first-order valence-electron chi connectivity index (χ1n) is 6.28. The number of carbonyl (C=O) groups is 2. The zero-order chi connectivity index (χ0) is 14.9. The van der Waals surface area contributed by atoms with Crippen LogP contribution in [0.3, 0.4) is 0 Å². The Bertz CT molecular complexity index is 614. The Labute approximate surface area is 117 Å². The number of hydrogen-bond donors (Lipinski definition) is 2. The van der Waals surface area contributed by atoms with Gasteiger partial charge in [-0.25, -0.2) is 9.59 Å². The van der Waals surface area contributed by atoms with Gasteiger partial charge in [-0.3, -0.25) is 4.90 Å². The highest BCUT2D eigenvalue weighted by Crippen LogP contribution is 2.29. The fraction of sp³-hybridized carbons (Fsp3) is 0.333. The summed E-state index contributed by atoms with van der Waals surface area (Å²) in [5.74, 6) is 1.54. The van der Waals surface area contributed by atoms with E-state index in [1.54, 1.807) is 30.9 Å². The van der Waals surface area contributed by atoms with Crippen LogP contribution in [0.25, 0.3) is 0 Å². The Kier molecular flexibility index (Phi) is 3.41. The van der Waals surface area contributed by atoms with E-state index in [-0.39, 0.29) is 11.6 Å². The average molecular weight is 272 g/mol. The molecule has 20 heavy (non-hydrogen) atoms. The molecule has 1 aromatic carbocycles. The third kappa shape index (κ3) is 2.59. The maximum absolute atomic E-state index is 12.2. The van der Waals surface area contributed by atoms with Crippen molar-refractivity contribution in [1.29, 1.82) is 0 Å². The Balaban J connectivity index is 2.23. The van der Waals surface area contributed by atoms with Gasteiger partial charge in [0.1, 0.15) is 0 Å². The summed E-state index contributed by atoms with van der Waals surface area (Å²) in [6, 6.07) is 4.50. The number of nitrogens with zero attached hydrogens (tertiary/aromatic N) is 1. The van der Waals surface area contributed by atoms with Crippen LogP contribution in [0.5, 0.6) is 0 Å². The van der Waals surface area contributed by atoms with Gasteiger partial charge in [-0.05, 0) is 44.0 Å². The predicted molar refractivity (Wildman–Crippen MR) is 75.9 cm³/mol.